The summed E-state index contributed by atoms with van der Waals surface area (Å²) in [5.74, 6) is -0.309. The number of hydrogen-bond acceptors (Lipinski definition) is 5. The van der Waals surface area contributed by atoms with Crippen LogP contribution in [0.5, 0.6) is 0 Å². The first-order valence-electron chi connectivity index (χ1n) is 7.27. The standard InChI is InChI=1S/C17H11IN2O2S2/c18-10-5-1-3-7-12(10)20-15(21)9-14(16(20)22)24-17-19-11-6-2-4-8-13(11)23-17/h1-8,14H,9H2/t14-/m0/s1. The average Bonchev–Trinajstić information content (AvgIpc) is 3.09. The van der Waals surface area contributed by atoms with E-state index in [-0.39, 0.29) is 18.2 Å². The van der Waals surface area contributed by atoms with Gasteiger partial charge in [0.05, 0.1) is 15.9 Å². The number of para-hydroxylation sites is 2. The van der Waals surface area contributed by atoms with Crippen molar-refractivity contribution in [1.29, 1.82) is 0 Å². The van der Waals surface area contributed by atoms with E-state index in [9.17, 15) is 9.59 Å². The Balaban J connectivity index is 1.60. The monoisotopic (exact) mass is 466 g/mol. The van der Waals surface area contributed by atoms with Gasteiger partial charge in [0.15, 0.2) is 4.34 Å². The van der Waals surface area contributed by atoms with Crippen LogP contribution in [0.3, 0.4) is 0 Å². The van der Waals surface area contributed by atoms with Crippen LogP contribution in [0.25, 0.3) is 10.2 Å². The Morgan fingerprint density at radius 2 is 1.88 bits per heavy atom. The van der Waals surface area contributed by atoms with E-state index in [0.29, 0.717) is 5.69 Å². The second-order valence-electron chi connectivity index (χ2n) is 5.28. The van der Waals surface area contributed by atoms with E-state index in [1.54, 1.807) is 11.3 Å². The number of carbonyl (C=O) groups excluding carboxylic acids is 2. The molecule has 0 radical (unpaired) electrons. The number of thioether (sulfide) groups is 1. The lowest BCUT2D eigenvalue weighted by atomic mass is 10.3. The highest BCUT2D eigenvalue weighted by atomic mass is 127. The molecule has 1 aliphatic heterocycles. The minimum absolute atomic E-state index is 0.150. The predicted molar refractivity (Wildman–Crippen MR) is 106 cm³/mol. The van der Waals surface area contributed by atoms with E-state index in [2.05, 4.69) is 27.6 Å². The van der Waals surface area contributed by atoms with Gasteiger partial charge in [0, 0.05) is 9.99 Å². The Bertz CT molecular complexity index is 923. The van der Waals surface area contributed by atoms with Gasteiger partial charge in [-0.1, -0.05) is 36.0 Å². The number of rotatable bonds is 3. The van der Waals surface area contributed by atoms with Crippen LogP contribution in [0.4, 0.5) is 5.69 Å². The van der Waals surface area contributed by atoms with Crippen molar-refractivity contribution < 1.29 is 9.59 Å². The molecule has 120 valence electrons. The van der Waals surface area contributed by atoms with Gasteiger partial charge in [0.25, 0.3) is 0 Å². The van der Waals surface area contributed by atoms with Crippen molar-refractivity contribution in [3.8, 4) is 0 Å². The van der Waals surface area contributed by atoms with Gasteiger partial charge in [-0.2, -0.15) is 0 Å². The fraction of sp³-hybridized carbons (Fsp3) is 0.118. The summed E-state index contributed by atoms with van der Waals surface area (Å²) < 4.78 is 2.81. The SMILES string of the molecule is O=C1C[C@H](Sc2nc3ccccc3s2)C(=O)N1c1ccccc1I. The zero-order chi connectivity index (χ0) is 16.7. The lowest BCUT2D eigenvalue weighted by Crippen LogP contribution is -2.31. The van der Waals surface area contributed by atoms with Gasteiger partial charge in [-0.15, -0.1) is 11.3 Å². The molecular formula is C17H11IN2O2S2. The first-order valence-corrected chi connectivity index (χ1v) is 10.0. The number of anilines is 1. The smallest absolute Gasteiger partial charge is 0.247 e. The van der Waals surface area contributed by atoms with Crippen LogP contribution in [-0.2, 0) is 9.59 Å². The summed E-state index contributed by atoms with van der Waals surface area (Å²) in [6.45, 7) is 0. The van der Waals surface area contributed by atoms with Gasteiger partial charge in [0.1, 0.15) is 5.25 Å². The van der Waals surface area contributed by atoms with Crippen LogP contribution in [0.15, 0.2) is 52.9 Å². The van der Waals surface area contributed by atoms with Gasteiger partial charge in [-0.05, 0) is 46.9 Å². The molecule has 0 aliphatic carbocycles. The number of benzene rings is 2. The number of nitrogens with zero attached hydrogens (tertiary/aromatic N) is 2. The normalized spacial score (nSPS) is 17.9. The first kappa shape index (κ1) is 16.0. The second kappa shape index (κ2) is 6.45. The molecule has 0 N–H and O–H groups in total. The molecule has 1 atom stereocenters. The minimum Gasteiger partial charge on any atom is -0.274 e. The Hall–Kier alpha value is -1.45. The van der Waals surface area contributed by atoms with E-state index in [1.165, 1.54) is 16.7 Å². The molecule has 1 aromatic heterocycles. The van der Waals surface area contributed by atoms with Crippen molar-refractivity contribution in [2.45, 2.75) is 16.0 Å². The summed E-state index contributed by atoms with van der Waals surface area (Å²) in [5, 5.41) is -0.408. The molecule has 0 bridgehead atoms. The lowest BCUT2D eigenvalue weighted by molar-refractivity contribution is -0.121. The first-order chi connectivity index (χ1) is 11.6. The zero-order valence-corrected chi connectivity index (χ0v) is 16.1. The predicted octanol–water partition coefficient (Wildman–Crippen LogP) is 4.33. The van der Waals surface area contributed by atoms with Crippen LogP contribution in [0.2, 0.25) is 0 Å². The van der Waals surface area contributed by atoms with Crippen molar-refractivity contribution in [2.24, 2.45) is 0 Å². The number of fused-ring (bicyclic) bond motifs is 1. The molecule has 24 heavy (non-hydrogen) atoms. The molecule has 7 heteroatoms. The number of carbonyl (C=O) groups is 2. The van der Waals surface area contributed by atoms with E-state index in [4.69, 9.17) is 0 Å². The fourth-order valence-electron chi connectivity index (χ4n) is 2.61. The van der Waals surface area contributed by atoms with E-state index in [0.717, 1.165) is 18.1 Å². The van der Waals surface area contributed by atoms with Crippen LogP contribution in [0.1, 0.15) is 6.42 Å². The van der Waals surface area contributed by atoms with Crippen molar-refractivity contribution in [3.63, 3.8) is 0 Å². The van der Waals surface area contributed by atoms with E-state index in [1.807, 2.05) is 48.5 Å². The third-order valence-electron chi connectivity index (χ3n) is 3.72. The number of aromatic nitrogens is 1. The molecule has 4 nitrogen and oxygen atoms in total. The topological polar surface area (TPSA) is 50.3 Å². The summed E-state index contributed by atoms with van der Waals surface area (Å²) in [7, 11) is 0. The van der Waals surface area contributed by atoms with Crippen LogP contribution in [-0.4, -0.2) is 22.0 Å². The maximum atomic E-state index is 12.7. The third kappa shape index (κ3) is 2.84. The lowest BCUT2D eigenvalue weighted by Gasteiger charge is -2.16. The molecule has 2 heterocycles. The van der Waals surface area contributed by atoms with E-state index < -0.39 is 5.25 Å². The van der Waals surface area contributed by atoms with Gasteiger partial charge in [-0.3, -0.25) is 9.59 Å². The number of halogens is 1. The Kier molecular flexibility index (Phi) is 4.31. The zero-order valence-electron chi connectivity index (χ0n) is 12.3. The highest BCUT2D eigenvalue weighted by Gasteiger charge is 2.41. The molecule has 0 spiro atoms. The highest BCUT2D eigenvalue weighted by Crippen LogP contribution is 2.38. The molecule has 4 rings (SSSR count). The Labute approximate surface area is 160 Å². The Morgan fingerprint density at radius 3 is 2.67 bits per heavy atom. The van der Waals surface area contributed by atoms with Gasteiger partial charge < -0.3 is 0 Å². The quantitative estimate of drug-likeness (QED) is 0.426. The summed E-state index contributed by atoms with van der Waals surface area (Å²) in [5.41, 5.74) is 1.59. The molecule has 2 aromatic carbocycles. The molecular weight excluding hydrogens is 455 g/mol. The molecule has 1 saturated heterocycles. The maximum Gasteiger partial charge on any atom is 0.247 e. The molecule has 0 unspecified atom stereocenters. The molecule has 1 fully saturated rings. The third-order valence-corrected chi connectivity index (χ3v) is 6.94. The number of thiazole rings is 1. The van der Waals surface area contributed by atoms with Gasteiger partial charge in [-0.25, -0.2) is 9.88 Å². The van der Waals surface area contributed by atoms with Gasteiger partial charge in [0.2, 0.25) is 11.8 Å². The number of amides is 2. The summed E-state index contributed by atoms with van der Waals surface area (Å²) in [4.78, 5) is 31.0. The molecule has 1 aliphatic rings. The Morgan fingerprint density at radius 1 is 1.12 bits per heavy atom. The van der Waals surface area contributed by atoms with E-state index >= 15 is 0 Å². The van der Waals surface area contributed by atoms with Crippen molar-refractivity contribution in [2.75, 3.05) is 4.90 Å². The molecule has 3 aromatic rings. The van der Waals surface area contributed by atoms with Crippen molar-refractivity contribution >= 4 is 73.4 Å². The highest BCUT2D eigenvalue weighted by molar-refractivity contribution is 14.1. The fourth-order valence-corrected chi connectivity index (χ4v) is 5.57. The van der Waals surface area contributed by atoms with Gasteiger partial charge >= 0.3 is 0 Å². The summed E-state index contributed by atoms with van der Waals surface area (Å²) >= 11 is 5.09. The van der Waals surface area contributed by atoms with Crippen LogP contribution in [0, 0.1) is 3.57 Å². The molecule has 2 amide bonds. The maximum absolute atomic E-state index is 12.7. The summed E-state index contributed by atoms with van der Waals surface area (Å²) in [6, 6.07) is 15.3. The molecule has 0 saturated carbocycles. The number of hydrogen-bond donors (Lipinski definition) is 0. The van der Waals surface area contributed by atoms with Crippen LogP contribution < -0.4 is 4.90 Å². The van der Waals surface area contributed by atoms with Crippen LogP contribution >= 0.6 is 45.7 Å². The van der Waals surface area contributed by atoms with Crippen molar-refractivity contribution in [1.82, 2.24) is 4.98 Å². The largest absolute Gasteiger partial charge is 0.274 e. The second-order valence-corrected chi connectivity index (χ2v) is 8.92. The number of imide groups is 1. The van der Waals surface area contributed by atoms with Crippen molar-refractivity contribution in [3.05, 3.63) is 52.1 Å². The minimum atomic E-state index is -0.408. The average molecular weight is 466 g/mol. The summed E-state index contributed by atoms with van der Waals surface area (Å²) in [6.07, 6.45) is 0.213.